The van der Waals surface area contributed by atoms with Crippen molar-refractivity contribution in [3.8, 4) is 5.75 Å². The van der Waals surface area contributed by atoms with E-state index in [1.807, 2.05) is 0 Å². The van der Waals surface area contributed by atoms with Crippen molar-refractivity contribution in [3.05, 3.63) is 63.3 Å². The van der Waals surface area contributed by atoms with Crippen LogP contribution in [-0.2, 0) is 6.54 Å². The van der Waals surface area contributed by atoms with Gasteiger partial charge in [-0.05, 0) is 37.6 Å². The van der Waals surface area contributed by atoms with Crippen molar-refractivity contribution < 1.29 is 13.9 Å². The predicted octanol–water partition coefficient (Wildman–Crippen LogP) is 2.04. The van der Waals surface area contributed by atoms with E-state index < -0.39 is 5.82 Å². The molecule has 0 unspecified atom stereocenters. The number of hydrogen-bond donors (Lipinski definition) is 1. The molecule has 1 N–H and O–H groups in total. The summed E-state index contributed by atoms with van der Waals surface area (Å²) in [5.74, 6) is -0.286. The van der Waals surface area contributed by atoms with E-state index in [-0.39, 0.29) is 23.6 Å². The van der Waals surface area contributed by atoms with Crippen LogP contribution in [0.5, 0.6) is 5.75 Å². The van der Waals surface area contributed by atoms with Gasteiger partial charge in [0.1, 0.15) is 11.6 Å². The second-order valence-corrected chi connectivity index (χ2v) is 5.25. The summed E-state index contributed by atoms with van der Waals surface area (Å²) in [5.41, 5.74) is 1.29. The van der Waals surface area contributed by atoms with Gasteiger partial charge in [0.15, 0.2) is 0 Å². The molecule has 2 rings (SSSR count). The molecule has 0 aliphatic carbocycles. The van der Waals surface area contributed by atoms with E-state index in [1.54, 1.807) is 36.6 Å². The van der Waals surface area contributed by atoms with Crippen LogP contribution >= 0.6 is 0 Å². The molecule has 0 saturated heterocycles. The third-order valence-corrected chi connectivity index (χ3v) is 3.60. The van der Waals surface area contributed by atoms with E-state index in [0.29, 0.717) is 17.9 Å². The fraction of sp³-hybridized carbons (Fsp3) is 0.294. The SMILES string of the molecule is COc1cc(C)n(CCNC(=O)c2ccc(C)c(F)c2)c(=O)c1. The van der Waals surface area contributed by atoms with Gasteiger partial charge in [0.25, 0.3) is 11.5 Å². The first-order chi connectivity index (χ1) is 10.9. The zero-order valence-electron chi connectivity index (χ0n) is 13.4. The third kappa shape index (κ3) is 3.97. The minimum atomic E-state index is -0.417. The Morgan fingerprint density at radius 2 is 2.00 bits per heavy atom. The first kappa shape index (κ1) is 16.7. The number of carbonyl (C=O) groups excluding carboxylic acids is 1. The molecule has 1 aromatic carbocycles. The van der Waals surface area contributed by atoms with Crippen molar-refractivity contribution in [2.45, 2.75) is 20.4 Å². The lowest BCUT2D eigenvalue weighted by molar-refractivity contribution is 0.0951. The van der Waals surface area contributed by atoms with Gasteiger partial charge in [-0.15, -0.1) is 0 Å². The van der Waals surface area contributed by atoms with Gasteiger partial charge in [-0.2, -0.15) is 0 Å². The van der Waals surface area contributed by atoms with Crippen LogP contribution in [0.25, 0.3) is 0 Å². The number of benzene rings is 1. The summed E-state index contributed by atoms with van der Waals surface area (Å²) in [6, 6.07) is 7.47. The Hall–Kier alpha value is -2.63. The summed E-state index contributed by atoms with van der Waals surface area (Å²) < 4.78 is 20.0. The van der Waals surface area contributed by atoms with Crippen molar-refractivity contribution in [2.75, 3.05) is 13.7 Å². The molecule has 23 heavy (non-hydrogen) atoms. The highest BCUT2D eigenvalue weighted by molar-refractivity contribution is 5.94. The van der Waals surface area contributed by atoms with Crippen LogP contribution in [0.15, 0.2) is 35.1 Å². The van der Waals surface area contributed by atoms with Crippen LogP contribution < -0.4 is 15.6 Å². The number of nitrogens with zero attached hydrogens (tertiary/aromatic N) is 1. The number of carbonyl (C=O) groups is 1. The number of halogens is 1. The number of amides is 1. The first-order valence-electron chi connectivity index (χ1n) is 7.22. The molecule has 5 nitrogen and oxygen atoms in total. The van der Waals surface area contributed by atoms with Gasteiger partial charge in [-0.3, -0.25) is 9.59 Å². The molecule has 122 valence electrons. The second kappa shape index (κ2) is 7.09. The Labute approximate surface area is 133 Å². The lowest BCUT2D eigenvalue weighted by Gasteiger charge is -2.12. The monoisotopic (exact) mass is 318 g/mol. The van der Waals surface area contributed by atoms with Crippen LogP contribution in [0, 0.1) is 19.7 Å². The average molecular weight is 318 g/mol. The molecule has 1 aromatic heterocycles. The molecule has 0 radical (unpaired) electrons. The number of hydrogen-bond acceptors (Lipinski definition) is 3. The summed E-state index contributed by atoms with van der Waals surface area (Å²) in [7, 11) is 1.50. The number of aromatic nitrogens is 1. The molecule has 0 spiro atoms. The Bertz CT molecular complexity index is 784. The maximum atomic E-state index is 13.5. The van der Waals surface area contributed by atoms with Gasteiger partial charge < -0.3 is 14.6 Å². The number of pyridine rings is 1. The first-order valence-corrected chi connectivity index (χ1v) is 7.22. The van der Waals surface area contributed by atoms with Crippen LogP contribution in [-0.4, -0.2) is 24.1 Å². The quantitative estimate of drug-likeness (QED) is 0.918. The number of aryl methyl sites for hydroxylation is 2. The highest BCUT2D eigenvalue weighted by atomic mass is 19.1. The van der Waals surface area contributed by atoms with E-state index in [4.69, 9.17) is 4.74 Å². The fourth-order valence-electron chi connectivity index (χ4n) is 2.22. The van der Waals surface area contributed by atoms with E-state index in [1.165, 1.54) is 19.2 Å². The molecule has 1 heterocycles. The Kier molecular flexibility index (Phi) is 5.16. The Morgan fingerprint density at radius 1 is 1.26 bits per heavy atom. The molecule has 0 atom stereocenters. The van der Waals surface area contributed by atoms with E-state index in [0.717, 1.165) is 5.69 Å². The van der Waals surface area contributed by atoms with Crippen molar-refractivity contribution in [3.63, 3.8) is 0 Å². The predicted molar refractivity (Wildman–Crippen MR) is 85.5 cm³/mol. The summed E-state index contributed by atoms with van der Waals surface area (Å²) in [6.07, 6.45) is 0. The summed E-state index contributed by atoms with van der Waals surface area (Å²) in [6.45, 7) is 4.02. The molecular formula is C17H19FN2O3. The number of nitrogens with one attached hydrogen (secondary N) is 1. The Balaban J connectivity index is 2.01. The van der Waals surface area contributed by atoms with Gasteiger partial charge in [0.2, 0.25) is 0 Å². The number of rotatable bonds is 5. The van der Waals surface area contributed by atoms with Crippen molar-refractivity contribution in [1.29, 1.82) is 0 Å². The standard InChI is InChI=1S/C17H19FN2O3/c1-11-4-5-13(9-15(11)18)17(22)19-6-7-20-12(2)8-14(23-3)10-16(20)21/h4-5,8-10H,6-7H2,1-3H3,(H,19,22). The van der Waals surface area contributed by atoms with Gasteiger partial charge in [-0.1, -0.05) is 6.07 Å². The highest BCUT2D eigenvalue weighted by Gasteiger charge is 2.09. The summed E-state index contributed by atoms with van der Waals surface area (Å²) in [5, 5.41) is 2.68. The molecule has 0 bridgehead atoms. The topological polar surface area (TPSA) is 60.3 Å². The van der Waals surface area contributed by atoms with Gasteiger partial charge in [0, 0.05) is 30.4 Å². The average Bonchev–Trinajstić information content (AvgIpc) is 2.52. The normalized spacial score (nSPS) is 10.4. The molecule has 0 aliphatic heterocycles. The van der Waals surface area contributed by atoms with Crippen LogP contribution in [0.4, 0.5) is 4.39 Å². The third-order valence-electron chi connectivity index (χ3n) is 3.60. The molecule has 6 heteroatoms. The number of methoxy groups -OCH3 is 1. The molecule has 0 aliphatic rings. The van der Waals surface area contributed by atoms with Crippen LogP contribution in [0.1, 0.15) is 21.6 Å². The van der Waals surface area contributed by atoms with Gasteiger partial charge in [-0.25, -0.2) is 4.39 Å². The van der Waals surface area contributed by atoms with Gasteiger partial charge >= 0.3 is 0 Å². The minimum Gasteiger partial charge on any atom is -0.496 e. The van der Waals surface area contributed by atoms with Crippen molar-refractivity contribution in [2.24, 2.45) is 0 Å². The lowest BCUT2D eigenvalue weighted by atomic mass is 10.1. The zero-order chi connectivity index (χ0) is 17.0. The molecule has 1 amide bonds. The van der Waals surface area contributed by atoms with E-state index in [2.05, 4.69) is 5.32 Å². The van der Waals surface area contributed by atoms with Crippen LogP contribution in [0.2, 0.25) is 0 Å². The molecule has 2 aromatic rings. The highest BCUT2D eigenvalue weighted by Crippen LogP contribution is 2.10. The zero-order valence-corrected chi connectivity index (χ0v) is 13.4. The second-order valence-electron chi connectivity index (χ2n) is 5.25. The fourth-order valence-corrected chi connectivity index (χ4v) is 2.22. The van der Waals surface area contributed by atoms with Gasteiger partial charge in [0.05, 0.1) is 7.11 Å². The van der Waals surface area contributed by atoms with Crippen molar-refractivity contribution >= 4 is 5.91 Å². The van der Waals surface area contributed by atoms with E-state index >= 15 is 0 Å². The lowest BCUT2D eigenvalue weighted by Crippen LogP contribution is -2.31. The van der Waals surface area contributed by atoms with Crippen molar-refractivity contribution in [1.82, 2.24) is 9.88 Å². The summed E-state index contributed by atoms with van der Waals surface area (Å²) in [4.78, 5) is 24.0. The maximum Gasteiger partial charge on any atom is 0.254 e. The number of ether oxygens (including phenoxy) is 1. The largest absolute Gasteiger partial charge is 0.496 e. The smallest absolute Gasteiger partial charge is 0.254 e. The minimum absolute atomic E-state index is 0.197. The Morgan fingerprint density at radius 3 is 2.61 bits per heavy atom. The molecule has 0 fully saturated rings. The maximum absolute atomic E-state index is 13.5. The van der Waals surface area contributed by atoms with E-state index in [9.17, 15) is 14.0 Å². The molecule has 0 saturated carbocycles. The molecular weight excluding hydrogens is 299 g/mol. The van der Waals surface area contributed by atoms with Crippen LogP contribution in [0.3, 0.4) is 0 Å². The summed E-state index contributed by atoms with van der Waals surface area (Å²) >= 11 is 0.